The summed E-state index contributed by atoms with van der Waals surface area (Å²) >= 11 is 0. The standard InChI is InChI=1S/C11H22N2O3/c12-4-1-2-10(11(14)15)3-5-13-6-8-16-9-7-13/h10H,1-9,12H2,(H,14,15). The van der Waals surface area contributed by atoms with Crippen LogP contribution in [0.1, 0.15) is 19.3 Å². The van der Waals surface area contributed by atoms with Crippen molar-refractivity contribution in [2.75, 3.05) is 39.4 Å². The molecule has 0 amide bonds. The molecule has 1 fully saturated rings. The van der Waals surface area contributed by atoms with Gasteiger partial charge in [0.1, 0.15) is 0 Å². The monoisotopic (exact) mass is 230 g/mol. The van der Waals surface area contributed by atoms with Crippen LogP contribution in [0.25, 0.3) is 0 Å². The van der Waals surface area contributed by atoms with Crippen molar-refractivity contribution in [3.63, 3.8) is 0 Å². The molecule has 0 aromatic carbocycles. The van der Waals surface area contributed by atoms with E-state index in [1.54, 1.807) is 0 Å². The van der Waals surface area contributed by atoms with Gasteiger partial charge in [-0.1, -0.05) is 0 Å². The van der Waals surface area contributed by atoms with E-state index in [-0.39, 0.29) is 5.92 Å². The van der Waals surface area contributed by atoms with Crippen LogP contribution in [0.3, 0.4) is 0 Å². The van der Waals surface area contributed by atoms with Gasteiger partial charge >= 0.3 is 5.97 Å². The number of carboxylic acid groups (broad SMARTS) is 1. The molecule has 1 heterocycles. The fourth-order valence-corrected chi connectivity index (χ4v) is 1.92. The lowest BCUT2D eigenvalue weighted by Gasteiger charge is -2.27. The second kappa shape index (κ2) is 7.60. The normalized spacial score (nSPS) is 19.6. The molecule has 0 aromatic rings. The van der Waals surface area contributed by atoms with Crippen molar-refractivity contribution in [1.82, 2.24) is 4.90 Å². The van der Waals surface area contributed by atoms with E-state index in [1.165, 1.54) is 0 Å². The molecular formula is C11H22N2O3. The van der Waals surface area contributed by atoms with Crippen LogP contribution in [0.4, 0.5) is 0 Å². The zero-order valence-corrected chi connectivity index (χ0v) is 9.73. The van der Waals surface area contributed by atoms with E-state index < -0.39 is 5.97 Å². The van der Waals surface area contributed by atoms with Gasteiger partial charge in [0.25, 0.3) is 0 Å². The van der Waals surface area contributed by atoms with Crippen LogP contribution >= 0.6 is 0 Å². The van der Waals surface area contributed by atoms with Crippen molar-refractivity contribution in [3.05, 3.63) is 0 Å². The highest BCUT2D eigenvalue weighted by Gasteiger charge is 2.19. The number of ether oxygens (including phenoxy) is 1. The molecule has 94 valence electrons. The second-order valence-electron chi connectivity index (χ2n) is 4.21. The summed E-state index contributed by atoms with van der Waals surface area (Å²) in [5.41, 5.74) is 5.40. The van der Waals surface area contributed by atoms with Gasteiger partial charge in [0, 0.05) is 13.1 Å². The van der Waals surface area contributed by atoms with Crippen molar-refractivity contribution >= 4 is 5.97 Å². The van der Waals surface area contributed by atoms with E-state index >= 15 is 0 Å². The van der Waals surface area contributed by atoms with E-state index in [1.807, 2.05) is 0 Å². The van der Waals surface area contributed by atoms with Crippen molar-refractivity contribution in [2.45, 2.75) is 19.3 Å². The van der Waals surface area contributed by atoms with Gasteiger partial charge in [-0.2, -0.15) is 0 Å². The number of hydrogen-bond acceptors (Lipinski definition) is 4. The molecule has 0 bridgehead atoms. The minimum Gasteiger partial charge on any atom is -0.481 e. The number of nitrogens with two attached hydrogens (primary N) is 1. The molecule has 1 rings (SSSR count). The second-order valence-corrected chi connectivity index (χ2v) is 4.21. The lowest BCUT2D eigenvalue weighted by atomic mass is 9.99. The number of carbonyl (C=O) groups is 1. The van der Waals surface area contributed by atoms with Crippen LogP contribution in [0, 0.1) is 5.92 Å². The Morgan fingerprint density at radius 2 is 2.06 bits per heavy atom. The predicted octanol–water partition coefficient (Wildman–Crippen LogP) is 0.148. The SMILES string of the molecule is NCCCC(CCN1CCOCC1)C(=O)O. The Morgan fingerprint density at radius 3 is 2.62 bits per heavy atom. The third-order valence-electron chi connectivity index (χ3n) is 3.00. The van der Waals surface area contributed by atoms with E-state index in [2.05, 4.69) is 4.90 Å². The molecule has 5 nitrogen and oxygen atoms in total. The van der Waals surface area contributed by atoms with Crippen molar-refractivity contribution in [1.29, 1.82) is 0 Å². The Kier molecular flexibility index (Phi) is 6.37. The Morgan fingerprint density at radius 1 is 1.38 bits per heavy atom. The van der Waals surface area contributed by atoms with Gasteiger partial charge in [0.15, 0.2) is 0 Å². The van der Waals surface area contributed by atoms with Gasteiger partial charge in [0.2, 0.25) is 0 Å². The maximum Gasteiger partial charge on any atom is 0.306 e. The zero-order valence-electron chi connectivity index (χ0n) is 9.73. The molecule has 1 aliphatic heterocycles. The minimum atomic E-state index is -0.693. The van der Waals surface area contributed by atoms with Crippen molar-refractivity contribution in [2.24, 2.45) is 11.7 Å². The molecule has 0 radical (unpaired) electrons. The van der Waals surface area contributed by atoms with E-state index in [0.717, 1.165) is 45.7 Å². The van der Waals surface area contributed by atoms with Crippen LogP contribution < -0.4 is 5.73 Å². The average molecular weight is 230 g/mol. The quantitative estimate of drug-likeness (QED) is 0.651. The lowest BCUT2D eigenvalue weighted by molar-refractivity contribution is -0.142. The molecule has 0 aliphatic carbocycles. The molecule has 0 aromatic heterocycles. The minimum absolute atomic E-state index is 0.244. The molecule has 3 N–H and O–H groups in total. The van der Waals surface area contributed by atoms with Crippen molar-refractivity contribution < 1.29 is 14.6 Å². The summed E-state index contributed by atoms with van der Waals surface area (Å²) in [6.45, 7) is 4.79. The molecule has 1 aliphatic rings. The Labute approximate surface area is 96.6 Å². The van der Waals surface area contributed by atoms with Crippen LogP contribution in [0.15, 0.2) is 0 Å². The van der Waals surface area contributed by atoms with Gasteiger partial charge in [0.05, 0.1) is 19.1 Å². The smallest absolute Gasteiger partial charge is 0.306 e. The molecule has 5 heteroatoms. The van der Waals surface area contributed by atoms with Crippen LogP contribution in [-0.2, 0) is 9.53 Å². The van der Waals surface area contributed by atoms with Gasteiger partial charge in [-0.05, 0) is 32.4 Å². The van der Waals surface area contributed by atoms with Crippen LogP contribution in [0.2, 0.25) is 0 Å². The first-order chi connectivity index (χ1) is 7.74. The molecule has 16 heavy (non-hydrogen) atoms. The molecule has 0 spiro atoms. The summed E-state index contributed by atoms with van der Waals surface area (Å²) in [6.07, 6.45) is 2.20. The summed E-state index contributed by atoms with van der Waals surface area (Å²) < 4.78 is 5.24. The maximum atomic E-state index is 11.0. The molecule has 1 atom stereocenters. The lowest BCUT2D eigenvalue weighted by Crippen LogP contribution is -2.38. The Bertz CT molecular complexity index is 205. The molecule has 1 saturated heterocycles. The van der Waals surface area contributed by atoms with E-state index in [4.69, 9.17) is 15.6 Å². The van der Waals surface area contributed by atoms with Crippen molar-refractivity contribution in [3.8, 4) is 0 Å². The van der Waals surface area contributed by atoms with Gasteiger partial charge in [-0.25, -0.2) is 0 Å². The molecular weight excluding hydrogens is 208 g/mol. The van der Waals surface area contributed by atoms with E-state index in [9.17, 15) is 4.79 Å². The number of morpholine rings is 1. The fraction of sp³-hybridized carbons (Fsp3) is 0.909. The van der Waals surface area contributed by atoms with Crippen LogP contribution in [0.5, 0.6) is 0 Å². The first-order valence-corrected chi connectivity index (χ1v) is 5.97. The zero-order chi connectivity index (χ0) is 11.8. The van der Waals surface area contributed by atoms with Crippen LogP contribution in [-0.4, -0.2) is 55.4 Å². The predicted molar refractivity (Wildman–Crippen MR) is 61.3 cm³/mol. The number of hydrogen-bond donors (Lipinski definition) is 2. The number of rotatable bonds is 7. The highest BCUT2D eigenvalue weighted by molar-refractivity contribution is 5.69. The topological polar surface area (TPSA) is 75.8 Å². The highest BCUT2D eigenvalue weighted by Crippen LogP contribution is 2.12. The van der Waals surface area contributed by atoms with E-state index in [0.29, 0.717) is 13.0 Å². The maximum absolute atomic E-state index is 11.0. The summed E-state index contributed by atoms with van der Waals surface area (Å²) in [5, 5.41) is 9.05. The average Bonchev–Trinajstić information content (AvgIpc) is 2.30. The molecule has 1 unspecified atom stereocenters. The van der Waals surface area contributed by atoms with Gasteiger partial charge < -0.3 is 15.6 Å². The number of carboxylic acids is 1. The summed E-state index contributed by atoms with van der Waals surface area (Å²) in [5.74, 6) is -0.937. The highest BCUT2D eigenvalue weighted by atomic mass is 16.5. The number of aliphatic carboxylic acids is 1. The third kappa shape index (κ3) is 4.92. The summed E-state index contributed by atoms with van der Waals surface area (Å²) in [7, 11) is 0. The summed E-state index contributed by atoms with van der Waals surface area (Å²) in [4.78, 5) is 13.3. The van der Waals surface area contributed by atoms with Gasteiger partial charge in [-0.15, -0.1) is 0 Å². The number of nitrogens with zero attached hydrogens (tertiary/aromatic N) is 1. The largest absolute Gasteiger partial charge is 0.481 e. The first-order valence-electron chi connectivity index (χ1n) is 5.97. The fourth-order valence-electron chi connectivity index (χ4n) is 1.92. The first kappa shape index (κ1) is 13.4. The summed E-state index contributed by atoms with van der Waals surface area (Å²) in [6, 6.07) is 0. The Balaban J connectivity index is 2.22. The molecule has 0 saturated carbocycles. The Hall–Kier alpha value is -0.650. The third-order valence-corrected chi connectivity index (χ3v) is 3.00. The van der Waals surface area contributed by atoms with Gasteiger partial charge in [-0.3, -0.25) is 9.69 Å².